The van der Waals surface area contributed by atoms with Crippen molar-refractivity contribution < 1.29 is 14.2 Å². The second-order valence-electron chi connectivity index (χ2n) is 3.13. The van der Waals surface area contributed by atoms with Gasteiger partial charge in [0.2, 0.25) is 0 Å². The van der Waals surface area contributed by atoms with Crippen LogP contribution in [0.15, 0.2) is 29.2 Å². The first-order chi connectivity index (χ1) is 7.56. The van der Waals surface area contributed by atoms with Crippen molar-refractivity contribution in [2.75, 3.05) is 12.3 Å². The molecule has 2 unspecified atom stereocenters. The molecule has 0 saturated carbocycles. The van der Waals surface area contributed by atoms with Crippen LogP contribution in [0.4, 0.5) is 5.69 Å². The van der Waals surface area contributed by atoms with E-state index in [2.05, 4.69) is 0 Å². The fourth-order valence-electron chi connectivity index (χ4n) is 1.13. The maximum absolute atomic E-state index is 11.7. The van der Waals surface area contributed by atoms with Gasteiger partial charge in [-0.05, 0) is 6.07 Å². The number of hydrogen-bond acceptors (Lipinski definition) is 5. The monoisotopic (exact) mass is 244 g/mol. The summed E-state index contributed by atoms with van der Waals surface area (Å²) >= 11 is 0. The van der Waals surface area contributed by atoms with Gasteiger partial charge in [-0.1, -0.05) is 12.1 Å². The van der Waals surface area contributed by atoms with E-state index in [4.69, 9.17) is 5.73 Å². The summed E-state index contributed by atoms with van der Waals surface area (Å²) in [7, 11) is -1.62. The summed E-state index contributed by atoms with van der Waals surface area (Å²) in [4.78, 5) is 10.2. The van der Waals surface area contributed by atoms with E-state index in [9.17, 15) is 19.4 Å². The van der Waals surface area contributed by atoms with Crippen LogP contribution in [-0.4, -0.2) is 32.6 Å². The van der Waals surface area contributed by atoms with Gasteiger partial charge in [-0.2, -0.15) is 0 Å². The molecule has 88 valence electrons. The van der Waals surface area contributed by atoms with Crippen molar-refractivity contribution in [3.8, 4) is 0 Å². The van der Waals surface area contributed by atoms with Crippen LogP contribution >= 0.6 is 0 Å². The van der Waals surface area contributed by atoms with Crippen molar-refractivity contribution in [1.82, 2.24) is 0 Å². The van der Waals surface area contributed by atoms with Crippen LogP contribution in [0.2, 0.25) is 0 Å². The Hall–Kier alpha value is -1.31. The molecule has 0 aliphatic heterocycles. The Balaban J connectivity index is 2.95. The third kappa shape index (κ3) is 3.09. The summed E-state index contributed by atoms with van der Waals surface area (Å²) < 4.78 is 11.7. The molecule has 6 nitrogen and oxygen atoms in total. The molecule has 1 rings (SSSR count). The zero-order valence-corrected chi connectivity index (χ0v) is 9.22. The van der Waals surface area contributed by atoms with Crippen LogP contribution in [0.25, 0.3) is 0 Å². The normalized spacial score (nSPS) is 14.4. The molecule has 3 N–H and O–H groups in total. The first-order valence-electron chi connectivity index (χ1n) is 4.56. The Morgan fingerprint density at radius 1 is 1.50 bits per heavy atom. The molecule has 16 heavy (non-hydrogen) atoms. The summed E-state index contributed by atoms with van der Waals surface area (Å²) in [6.07, 6.45) is -0.916. The van der Waals surface area contributed by atoms with Gasteiger partial charge in [0.05, 0.1) is 27.6 Å². The quantitative estimate of drug-likeness (QED) is 0.561. The van der Waals surface area contributed by atoms with Crippen molar-refractivity contribution in [3.05, 3.63) is 34.4 Å². The van der Waals surface area contributed by atoms with E-state index in [0.29, 0.717) is 0 Å². The molecule has 1 aromatic carbocycles. The van der Waals surface area contributed by atoms with Gasteiger partial charge < -0.3 is 10.8 Å². The topological polar surface area (TPSA) is 106 Å². The molecule has 0 spiro atoms. The molecular weight excluding hydrogens is 232 g/mol. The minimum Gasteiger partial charge on any atom is -0.391 e. The number of para-hydroxylation sites is 1. The Morgan fingerprint density at radius 2 is 2.12 bits per heavy atom. The highest BCUT2D eigenvalue weighted by molar-refractivity contribution is 7.85. The second-order valence-corrected chi connectivity index (χ2v) is 4.59. The number of aliphatic hydroxyl groups is 1. The first kappa shape index (κ1) is 12.8. The van der Waals surface area contributed by atoms with Gasteiger partial charge in [0.15, 0.2) is 0 Å². The molecule has 1 aromatic rings. The fraction of sp³-hybridized carbons (Fsp3) is 0.333. The van der Waals surface area contributed by atoms with E-state index in [1.165, 1.54) is 18.2 Å². The van der Waals surface area contributed by atoms with Crippen molar-refractivity contribution >= 4 is 16.5 Å². The van der Waals surface area contributed by atoms with Crippen molar-refractivity contribution in [2.24, 2.45) is 5.73 Å². The molecule has 0 saturated heterocycles. The number of nitro groups is 1. The van der Waals surface area contributed by atoms with Gasteiger partial charge in [-0.15, -0.1) is 0 Å². The maximum Gasteiger partial charge on any atom is 0.285 e. The van der Waals surface area contributed by atoms with Crippen LogP contribution < -0.4 is 5.73 Å². The lowest BCUT2D eigenvalue weighted by Crippen LogP contribution is -2.26. The average molecular weight is 244 g/mol. The molecule has 0 aliphatic carbocycles. The van der Waals surface area contributed by atoms with Gasteiger partial charge in [0, 0.05) is 12.6 Å². The highest BCUT2D eigenvalue weighted by Gasteiger charge is 2.19. The third-order valence-electron chi connectivity index (χ3n) is 1.92. The van der Waals surface area contributed by atoms with E-state index in [0.717, 1.165) is 0 Å². The number of nitrogens with zero attached hydrogens (tertiary/aromatic N) is 1. The maximum atomic E-state index is 11.7. The lowest BCUT2D eigenvalue weighted by molar-refractivity contribution is -0.387. The minimum absolute atomic E-state index is 0.0215. The van der Waals surface area contributed by atoms with Crippen LogP contribution in [0, 0.1) is 10.1 Å². The van der Waals surface area contributed by atoms with Gasteiger partial charge in [0.1, 0.15) is 4.90 Å². The molecule has 0 amide bonds. The fourth-order valence-corrected chi connectivity index (χ4v) is 2.40. The number of rotatable bonds is 5. The Kier molecular flexibility index (Phi) is 4.53. The second kappa shape index (κ2) is 5.69. The van der Waals surface area contributed by atoms with Crippen LogP contribution in [-0.2, 0) is 10.8 Å². The van der Waals surface area contributed by atoms with Crippen molar-refractivity contribution in [3.63, 3.8) is 0 Å². The highest BCUT2D eigenvalue weighted by atomic mass is 32.2. The SMILES string of the molecule is NCC(O)CS(=O)c1ccccc1[N+](=O)[O-]. The summed E-state index contributed by atoms with van der Waals surface area (Å²) in [5, 5.41) is 19.9. The summed E-state index contributed by atoms with van der Waals surface area (Å²) in [6, 6.07) is 5.76. The Labute approximate surface area is 94.7 Å². The molecule has 0 bridgehead atoms. The zero-order valence-electron chi connectivity index (χ0n) is 8.41. The van der Waals surface area contributed by atoms with E-state index >= 15 is 0 Å². The van der Waals surface area contributed by atoms with E-state index in [1.807, 2.05) is 0 Å². The van der Waals surface area contributed by atoms with E-state index in [1.54, 1.807) is 6.07 Å². The average Bonchev–Trinajstić information content (AvgIpc) is 2.28. The predicted molar refractivity (Wildman–Crippen MR) is 59.4 cm³/mol. The molecule has 2 atom stereocenters. The molecule has 0 aromatic heterocycles. The van der Waals surface area contributed by atoms with Crippen LogP contribution in [0.1, 0.15) is 0 Å². The summed E-state index contributed by atoms with van der Waals surface area (Å²) in [5.41, 5.74) is 4.97. The largest absolute Gasteiger partial charge is 0.391 e. The molecule has 0 fully saturated rings. The Bertz CT molecular complexity index is 410. The number of aliphatic hydroxyl groups excluding tert-OH is 1. The molecule has 0 aliphatic rings. The molecule has 7 heteroatoms. The van der Waals surface area contributed by atoms with Gasteiger partial charge in [-0.3, -0.25) is 14.3 Å². The minimum atomic E-state index is -1.62. The van der Waals surface area contributed by atoms with Gasteiger partial charge >= 0.3 is 0 Å². The van der Waals surface area contributed by atoms with E-state index in [-0.39, 0.29) is 22.9 Å². The number of hydrogen-bond donors (Lipinski definition) is 2. The number of nitrogens with two attached hydrogens (primary N) is 1. The number of benzene rings is 1. The van der Waals surface area contributed by atoms with Crippen LogP contribution in [0.5, 0.6) is 0 Å². The van der Waals surface area contributed by atoms with Gasteiger partial charge in [0.25, 0.3) is 5.69 Å². The highest BCUT2D eigenvalue weighted by Crippen LogP contribution is 2.21. The first-order valence-corrected chi connectivity index (χ1v) is 5.88. The van der Waals surface area contributed by atoms with Crippen molar-refractivity contribution in [2.45, 2.75) is 11.0 Å². The zero-order chi connectivity index (χ0) is 12.1. The molecular formula is C9H12N2O4S. The lowest BCUT2D eigenvalue weighted by atomic mass is 10.3. The molecule has 0 heterocycles. The van der Waals surface area contributed by atoms with Crippen LogP contribution in [0.3, 0.4) is 0 Å². The predicted octanol–water partition coefficient (Wildman–Crippen LogP) is 0.0220. The smallest absolute Gasteiger partial charge is 0.285 e. The third-order valence-corrected chi connectivity index (χ3v) is 3.45. The van der Waals surface area contributed by atoms with E-state index < -0.39 is 21.8 Å². The summed E-state index contributed by atoms with van der Waals surface area (Å²) in [6.45, 7) is -0.0215. The Morgan fingerprint density at radius 3 is 2.69 bits per heavy atom. The van der Waals surface area contributed by atoms with Gasteiger partial charge in [-0.25, -0.2) is 0 Å². The van der Waals surface area contributed by atoms with Crippen molar-refractivity contribution in [1.29, 1.82) is 0 Å². The number of nitro benzene ring substituents is 1. The summed E-state index contributed by atoms with van der Waals surface area (Å²) in [5.74, 6) is -0.0959. The standard InChI is InChI=1S/C9H12N2O4S/c10-5-7(12)6-16(15)9-4-2-1-3-8(9)11(13)14/h1-4,7,12H,5-6,10H2. The molecule has 0 radical (unpaired) electrons. The lowest BCUT2D eigenvalue weighted by Gasteiger charge is -2.07.